The minimum Gasteiger partial charge on any atom is -0.460 e. The first kappa shape index (κ1) is 42.1. The van der Waals surface area contributed by atoms with E-state index >= 15 is 0 Å². The zero-order chi connectivity index (χ0) is 42.5. The summed E-state index contributed by atoms with van der Waals surface area (Å²) in [5.41, 5.74) is 1.13. The Bertz CT molecular complexity index is 2420. The molecule has 2 fully saturated rings. The van der Waals surface area contributed by atoms with Crippen molar-refractivity contribution in [1.29, 1.82) is 0 Å². The van der Waals surface area contributed by atoms with E-state index in [1.807, 2.05) is 6.92 Å². The van der Waals surface area contributed by atoms with Gasteiger partial charge in [-0.05, 0) is 54.8 Å². The number of esters is 4. The molecule has 2 aromatic heterocycles. The fourth-order valence-electron chi connectivity index (χ4n) is 6.90. The quantitative estimate of drug-likeness (QED) is 0.0408. The number of carbonyl (C=O) groups excluding carboxylic acids is 4. The highest BCUT2D eigenvalue weighted by Gasteiger charge is 2.49. The number of rotatable bonds is 16. The van der Waals surface area contributed by atoms with E-state index in [1.165, 1.54) is 60.6 Å². The van der Waals surface area contributed by atoms with Gasteiger partial charge in [0.05, 0.1) is 18.8 Å². The van der Waals surface area contributed by atoms with E-state index in [-0.39, 0.29) is 65.4 Å². The topological polar surface area (TPSA) is 203 Å². The van der Waals surface area contributed by atoms with Gasteiger partial charge in [0.2, 0.25) is 0 Å². The molecule has 314 valence electrons. The number of aliphatic hydroxyl groups excluding tert-OH is 1. The minimum atomic E-state index is -1.45. The number of anilines is 1. The first-order chi connectivity index (χ1) is 28.9. The van der Waals surface area contributed by atoms with E-state index in [0.717, 1.165) is 12.5 Å². The summed E-state index contributed by atoms with van der Waals surface area (Å²) in [7, 11) is 0. The number of fused-ring (bicyclic) bond motifs is 1. The number of hydrogen-bond donors (Lipinski definition) is 2. The van der Waals surface area contributed by atoms with Crippen LogP contribution in [0.25, 0.3) is 11.2 Å². The van der Waals surface area contributed by atoms with Gasteiger partial charge in [-0.25, -0.2) is 33.0 Å². The molecule has 3 aromatic carbocycles. The van der Waals surface area contributed by atoms with Crippen molar-refractivity contribution < 1.29 is 56.7 Å². The van der Waals surface area contributed by atoms with Gasteiger partial charge in [-0.15, -0.1) is 5.10 Å². The van der Waals surface area contributed by atoms with Crippen LogP contribution in [0.5, 0.6) is 11.5 Å². The number of nitrogens with zero attached hydrogens (tertiary/aromatic N) is 5. The standard InChI is InChI=1S/C41H40F2N6O10S/c1-4-17-60-41-45-37(44-29-19-26(29)23-13-14-27(42)28(43)18-23)34-38(46-41)49(48-47-34)30-20-33(55-15-16-56-39(53)24-9-5-7-11-31(24)57-21(2)50)35(52)36(30)59-40(54)25-10-6-8-12-32(25)58-22(3)51/h5-14,18,26,29-30,33,35-36,52H,4,15-17,19-20H2,1-3H3,(H,44,45,46)/t26-,29?,30+,33-,35+,36-/m0/s1. The highest BCUT2D eigenvalue weighted by Crippen LogP contribution is 2.44. The van der Waals surface area contributed by atoms with Gasteiger partial charge < -0.3 is 34.1 Å². The summed E-state index contributed by atoms with van der Waals surface area (Å²) in [6.45, 7) is 3.98. The Balaban J connectivity index is 1.15. The highest BCUT2D eigenvalue weighted by molar-refractivity contribution is 7.99. The number of nitrogens with one attached hydrogen (secondary N) is 1. The molecule has 6 atom stereocenters. The largest absolute Gasteiger partial charge is 0.460 e. The summed E-state index contributed by atoms with van der Waals surface area (Å²) >= 11 is 1.40. The summed E-state index contributed by atoms with van der Waals surface area (Å²) in [4.78, 5) is 59.5. The summed E-state index contributed by atoms with van der Waals surface area (Å²) in [6, 6.07) is 14.8. The van der Waals surface area contributed by atoms with Crippen molar-refractivity contribution in [3.8, 4) is 11.5 Å². The van der Waals surface area contributed by atoms with Gasteiger partial charge in [0.1, 0.15) is 35.3 Å². The highest BCUT2D eigenvalue weighted by atomic mass is 32.2. The fraction of sp³-hybridized carbons (Fsp3) is 0.366. The number of para-hydroxylation sites is 2. The SMILES string of the molecule is CCCSc1nc(NC2C[C@H]2c2ccc(F)c(F)c2)c2nnn([C@@H]3C[C@H](OCCOC(=O)c4ccccc4OC(C)=O)[C@@H](O)[C@H]3OC(=O)c3ccccc3OC(C)=O)c2n1. The van der Waals surface area contributed by atoms with Gasteiger partial charge >= 0.3 is 23.9 Å². The molecule has 0 spiro atoms. The van der Waals surface area contributed by atoms with Gasteiger partial charge in [0.25, 0.3) is 0 Å². The Morgan fingerprint density at radius 3 is 2.23 bits per heavy atom. The van der Waals surface area contributed by atoms with Gasteiger partial charge in [-0.3, -0.25) is 9.59 Å². The van der Waals surface area contributed by atoms with Crippen molar-refractivity contribution in [3.63, 3.8) is 0 Å². The van der Waals surface area contributed by atoms with E-state index < -0.39 is 59.9 Å². The summed E-state index contributed by atoms with van der Waals surface area (Å²) < 4.78 is 56.9. The average molecular weight is 847 g/mol. The smallest absolute Gasteiger partial charge is 0.342 e. The Kier molecular flexibility index (Phi) is 13.0. The molecule has 0 bridgehead atoms. The average Bonchev–Trinajstić information content (AvgIpc) is 3.75. The maximum atomic E-state index is 14.1. The molecule has 60 heavy (non-hydrogen) atoms. The van der Waals surface area contributed by atoms with Crippen LogP contribution < -0.4 is 14.8 Å². The normalized spacial score (nSPS) is 20.7. The second-order valence-electron chi connectivity index (χ2n) is 14.1. The molecule has 0 radical (unpaired) electrons. The molecule has 2 N–H and O–H groups in total. The monoisotopic (exact) mass is 846 g/mol. The Hall–Kier alpha value is -6.05. The maximum absolute atomic E-state index is 14.1. The molecule has 1 unspecified atom stereocenters. The van der Waals surface area contributed by atoms with Crippen molar-refractivity contribution in [2.24, 2.45) is 0 Å². The fourth-order valence-corrected chi connectivity index (χ4v) is 7.59. The number of benzene rings is 3. The molecule has 0 saturated heterocycles. The Labute approximate surface area is 345 Å². The first-order valence-corrected chi connectivity index (χ1v) is 20.1. The number of thioether (sulfide) groups is 1. The molecule has 7 rings (SSSR count). The molecule has 2 heterocycles. The number of hydrogen-bond acceptors (Lipinski definition) is 16. The van der Waals surface area contributed by atoms with Gasteiger partial charge in [-0.2, -0.15) is 0 Å². The van der Waals surface area contributed by atoms with E-state index in [0.29, 0.717) is 28.7 Å². The minimum absolute atomic E-state index is 0.0252. The first-order valence-electron chi connectivity index (χ1n) is 19.1. The van der Waals surface area contributed by atoms with E-state index in [1.54, 1.807) is 30.3 Å². The molecule has 2 aliphatic rings. The summed E-state index contributed by atoms with van der Waals surface area (Å²) in [5.74, 6) is -3.89. The Morgan fingerprint density at radius 1 is 0.883 bits per heavy atom. The number of aromatic nitrogens is 5. The van der Waals surface area contributed by atoms with E-state index in [2.05, 4.69) is 15.6 Å². The molecule has 2 aliphatic carbocycles. The zero-order valence-electron chi connectivity index (χ0n) is 32.6. The number of ether oxygens (including phenoxy) is 5. The van der Waals surface area contributed by atoms with E-state index in [4.69, 9.17) is 33.7 Å². The second kappa shape index (κ2) is 18.5. The van der Waals surface area contributed by atoms with Crippen molar-refractivity contribution in [2.45, 2.75) is 81.5 Å². The van der Waals surface area contributed by atoms with Gasteiger partial charge in [-0.1, -0.05) is 54.2 Å². The molecular weight excluding hydrogens is 807 g/mol. The van der Waals surface area contributed by atoms with Crippen LogP contribution in [0.15, 0.2) is 71.9 Å². The lowest BCUT2D eigenvalue weighted by Crippen LogP contribution is -2.37. The number of halogens is 2. The molecular formula is C41H40F2N6O10S. The molecule has 19 heteroatoms. The van der Waals surface area contributed by atoms with Crippen LogP contribution >= 0.6 is 11.8 Å². The van der Waals surface area contributed by atoms with E-state index in [9.17, 15) is 33.1 Å². The van der Waals surface area contributed by atoms with Gasteiger partial charge in [0.15, 0.2) is 39.9 Å². The van der Waals surface area contributed by atoms with Crippen LogP contribution in [0.4, 0.5) is 14.6 Å². The third kappa shape index (κ3) is 9.53. The van der Waals surface area contributed by atoms with Gasteiger partial charge in [0, 0.05) is 38.0 Å². The van der Waals surface area contributed by atoms with Crippen LogP contribution in [0, 0.1) is 11.6 Å². The van der Waals surface area contributed by atoms with Crippen LogP contribution in [-0.2, 0) is 23.8 Å². The number of aliphatic hydroxyl groups is 1. The van der Waals surface area contributed by atoms with Crippen molar-refractivity contribution in [1.82, 2.24) is 25.0 Å². The van der Waals surface area contributed by atoms with Crippen molar-refractivity contribution in [3.05, 3.63) is 95.1 Å². The van der Waals surface area contributed by atoms with Crippen LogP contribution in [-0.4, -0.2) is 97.3 Å². The van der Waals surface area contributed by atoms with Crippen LogP contribution in [0.2, 0.25) is 0 Å². The predicted octanol–water partition coefficient (Wildman–Crippen LogP) is 5.59. The molecule has 0 aliphatic heterocycles. The lowest BCUT2D eigenvalue weighted by Gasteiger charge is -2.23. The maximum Gasteiger partial charge on any atom is 0.342 e. The third-order valence-corrected chi connectivity index (χ3v) is 10.8. The van der Waals surface area contributed by atoms with Crippen molar-refractivity contribution in [2.75, 3.05) is 24.3 Å². The molecule has 5 aromatic rings. The number of carbonyl (C=O) groups is 4. The summed E-state index contributed by atoms with van der Waals surface area (Å²) in [6.07, 6.45) is -2.28. The lowest BCUT2D eigenvalue weighted by atomic mass is 10.1. The zero-order valence-corrected chi connectivity index (χ0v) is 33.4. The van der Waals surface area contributed by atoms with Crippen LogP contribution in [0.1, 0.15) is 78.3 Å². The predicted molar refractivity (Wildman–Crippen MR) is 210 cm³/mol. The molecule has 0 amide bonds. The second-order valence-corrected chi connectivity index (χ2v) is 15.1. The van der Waals surface area contributed by atoms with Crippen LogP contribution in [0.3, 0.4) is 0 Å². The Morgan fingerprint density at radius 2 is 1.57 bits per heavy atom. The third-order valence-electron chi connectivity index (χ3n) is 9.72. The van der Waals surface area contributed by atoms with Crippen molar-refractivity contribution >= 4 is 52.6 Å². The lowest BCUT2D eigenvalue weighted by molar-refractivity contribution is -0.132. The summed E-state index contributed by atoms with van der Waals surface area (Å²) in [5, 5.41) is 24.3. The molecule has 2 saturated carbocycles. The molecule has 16 nitrogen and oxygen atoms in total.